The normalized spacial score (nSPS) is 11.0. The molecule has 2 aromatic carbocycles. The summed E-state index contributed by atoms with van der Waals surface area (Å²) in [6.07, 6.45) is 0. The van der Waals surface area contributed by atoms with E-state index in [9.17, 15) is 4.79 Å². The molecule has 4 aromatic rings. The molecule has 0 radical (unpaired) electrons. The molecular formula is C21H14Cl2N4O. The number of aromatic amines is 1. The number of nitrogens with one attached hydrogen (secondary N) is 1. The fourth-order valence-electron chi connectivity index (χ4n) is 3.27. The lowest BCUT2D eigenvalue weighted by molar-refractivity contribution is 0.871. The maximum Gasteiger partial charge on any atom is 0.276 e. The van der Waals surface area contributed by atoms with Crippen molar-refractivity contribution in [1.82, 2.24) is 14.6 Å². The molecular weight excluding hydrogens is 395 g/mol. The van der Waals surface area contributed by atoms with Crippen LogP contribution in [0.4, 0.5) is 0 Å². The molecule has 0 unspecified atom stereocenters. The van der Waals surface area contributed by atoms with E-state index in [-0.39, 0.29) is 5.56 Å². The van der Waals surface area contributed by atoms with Gasteiger partial charge in [0, 0.05) is 33.0 Å². The van der Waals surface area contributed by atoms with Crippen molar-refractivity contribution in [3.63, 3.8) is 0 Å². The molecule has 2 heterocycles. The summed E-state index contributed by atoms with van der Waals surface area (Å²) in [7, 11) is 0. The first kappa shape index (κ1) is 18.3. The van der Waals surface area contributed by atoms with Crippen molar-refractivity contribution in [1.29, 1.82) is 5.26 Å². The van der Waals surface area contributed by atoms with E-state index in [4.69, 9.17) is 33.4 Å². The molecule has 28 heavy (non-hydrogen) atoms. The van der Waals surface area contributed by atoms with Gasteiger partial charge in [0.15, 0.2) is 5.65 Å². The molecule has 0 saturated heterocycles. The smallest absolute Gasteiger partial charge is 0.276 e. The second kappa shape index (κ2) is 6.83. The zero-order valence-corrected chi connectivity index (χ0v) is 16.6. The Morgan fingerprint density at radius 2 is 1.82 bits per heavy atom. The fraction of sp³-hybridized carbons (Fsp3) is 0.0952. The van der Waals surface area contributed by atoms with Crippen LogP contribution in [0.25, 0.3) is 28.0 Å². The van der Waals surface area contributed by atoms with Crippen LogP contribution in [0.2, 0.25) is 10.0 Å². The van der Waals surface area contributed by atoms with Gasteiger partial charge in [-0.1, -0.05) is 41.4 Å². The molecule has 0 amide bonds. The molecule has 4 rings (SSSR count). The number of rotatable bonds is 2. The van der Waals surface area contributed by atoms with E-state index in [0.717, 1.165) is 22.4 Å². The van der Waals surface area contributed by atoms with E-state index >= 15 is 0 Å². The molecule has 0 saturated carbocycles. The molecule has 138 valence electrons. The van der Waals surface area contributed by atoms with Crippen LogP contribution in [0.1, 0.15) is 16.8 Å². The van der Waals surface area contributed by atoms with Crippen LogP contribution in [0, 0.1) is 25.2 Å². The second-order valence-electron chi connectivity index (χ2n) is 6.47. The summed E-state index contributed by atoms with van der Waals surface area (Å²) in [5.74, 6) is 0. The van der Waals surface area contributed by atoms with Gasteiger partial charge in [-0.3, -0.25) is 9.89 Å². The Kier molecular flexibility index (Phi) is 4.46. The minimum Gasteiger partial charge on any atom is -0.293 e. The average Bonchev–Trinajstić information content (AvgIpc) is 3.01. The Hall–Kier alpha value is -3.07. The lowest BCUT2D eigenvalue weighted by Gasteiger charge is -2.08. The van der Waals surface area contributed by atoms with Crippen molar-refractivity contribution in [2.75, 3.05) is 0 Å². The van der Waals surface area contributed by atoms with Crippen molar-refractivity contribution in [2.24, 2.45) is 0 Å². The monoisotopic (exact) mass is 408 g/mol. The summed E-state index contributed by atoms with van der Waals surface area (Å²) in [6, 6.07) is 14.3. The zero-order chi connectivity index (χ0) is 20.0. The van der Waals surface area contributed by atoms with Gasteiger partial charge in [0.05, 0.1) is 22.3 Å². The predicted molar refractivity (Wildman–Crippen MR) is 111 cm³/mol. The Morgan fingerprint density at radius 1 is 1.11 bits per heavy atom. The molecule has 0 spiro atoms. The summed E-state index contributed by atoms with van der Waals surface area (Å²) in [5, 5.41) is 13.1. The van der Waals surface area contributed by atoms with Crippen LogP contribution in [-0.2, 0) is 0 Å². The summed E-state index contributed by atoms with van der Waals surface area (Å²) in [5.41, 5.74) is 4.94. The maximum absolute atomic E-state index is 13.0. The van der Waals surface area contributed by atoms with Crippen molar-refractivity contribution >= 4 is 28.8 Å². The molecule has 7 heteroatoms. The van der Waals surface area contributed by atoms with Gasteiger partial charge in [0.1, 0.15) is 0 Å². The van der Waals surface area contributed by atoms with Crippen LogP contribution < -0.4 is 5.56 Å². The van der Waals surface area contributed by atoms with E-state index in [1.165, 1.54) is 4.52 Å². The van der Waals surface area contributed by atoms with Crippen molar-refractivity contribution in [3.8, 4) is 28.5 Å². The van der Waals surface area contributed by atoms with Crippen molar-refractivity contribution in [2.45, 2.75) is 13.8 Å². The van der Waals surface area contributed by atoms with E-state index in [1.807, 2.05) is 13.0 Å². The molecule has 0 aliphatic carbocycles. The largest absolute Gasteiger partial charge is 0.293 e. The highest BCUT2D eigenvalue weighted by Crippen LogP contribution is 2.35. The van der Waals surface area contributed by atoms with Gasteiger partial charge in [-0.25, -0.2) is 9.50 Å². The Morgan fingerprint density at radius 3 is 2.46 bits per heavy atom. The second-order valence-corrected chi connectivity index (χ2v) is 7.32. The highest BCUT2D eigenvalue weighted by atomic mass is 35.5. The van der Waals surface area contributed by atoms with Crippen LogP contribution in [0.5, 0.6) is 0 Å². The Labute approximate surface area is 170 Å². The van der Waals surface area contributed by atoms with Gasteiger partial charge in [0.2, 0.25) is 0 Å². The molecule has 0 bridgehead atoms. The van der Waals surface area contributed by atoms with Crippen molar-refractivity contribution < 1.29 is 0 Å². The van der Waals surface area contributed by atoms with Crippen molar-refractivity contribution in [3.05, 3.63) is 79.7 Å². The number of nitrogens with zero attached hydrogens (tertiary/aromatic N) is 3. The predicted octanol–water partition coefficient (Wildman–Crippen LogP) is 5.15. The highest BCUT2D eigenvalue weighted by molar-refractivity contribution is 6.36. The number of halogens is 2. The molecule has 0 aliphatic heterocycles. The number of aromatic nitrogens is 3. The lowest BCUT2D eigenvalue weighted by Crippen LogP contribution is -2.19. The highest BCUT2D eigenvalue weighted by Gasteiger charge is 2.19. The van der Waals surface area contributed by atoms with Crippen LogP contribution in [0.15, 0.2) is 47.3 Å². The molecule has 2 aromatic heterocycles. The number of aryl methyl sites for hydroxylation is 1. The van der Waals surface area contributed by atoms with E-state index in [0.29, 0.717) is 32.5 Å². The van der Waals surface area contributed by atoms with E-state index in [2.05, 4.69) is 11.2 Å². The zero-order valence-electron chi connectivity index (χ0n) is 15.0. The van der Waals surface area contributed by atoms with Gasteiger partial charge in [-0.05, 0) is 38.1 Å². The van der Waals surface area contributed by atoms with Crippen LogP contribution >= 0.6 is 23.2 Å². The molecule has 0 atom stereocenters. The van der Waals surface area contributed by atoms with Crippen LogP contribution in [-0.4, -0.2) is 14.6 Å². The Bertz CT molecular complexity index is 1330. The lowest BCUT2D eigenvalue weighted by atomic mass is 10.0. The molecule has 1 N–H and O–H groups in total. The molecule has 0 fully saturated rings. The summed E-state index contributed by atoms with van der Waals surface area (Å²) in [4.78, 5) is 17.7. The van der Waals surface area contributed by atoms with Gasteiger partial charge < -0.3 is 0 Å². The third-order valence-electron chi connectivity index (χ3n) is 4.67. The summed E-state index contributed by atoms with van der Waals surface area (Å²) in [6.45, 7) is 3.60. The third kappa shape index (κ3) is 2.88. The number of H-pyrrole nitrogens is 1. The number of hydrogen-bond donors (Lipinski definition) is 1. The van der Waals surface area contributed by atoms with Gasteiger partial charge in [-0.2, -0.15) is 5.26 Å². The first-order valence-electron chi connectivity index (χ1n) is 8.48. The number of hydrogen-bond acceptors (Lipinski definition) is 3. The summed E-state index contributed by atoms with van der Waals surface area (Å²) >= 11 is 12.4. The maximum atomic E-state index is 13.0. The molecule has 0 aliphatic rings. The Balaban J connectivity index is 2.03. The summed E-state index contributed by atoms with van der Waals surface area (Å²) < 4.78 is 1.43. The fourth-order valence-corrected chi connectivity index (χ4v) is 3.77. The quantitative estimate of drug-likeness (QED) is 0.498. The van der Waals surface area contributed by atoms with E-state index in [1.54, 1.807) is 43.3 Å². The third-order valence-corrected chi connectivity index (χ3v) is 5.22. The number of benzene rings is 2. The van der Waals surface area contributed by atoms with Gasteiger partial charge in [-0.15, -0.1) is 0 Å². The average molecular weight is 409 g/mol. The van der Waals surface area contributed by atoms with Crippen LogP contribution in [0.3, 0.4) is 0 Å². The topological polar surface area (TPSA) is 73.9 Å². The van der Waals surface area contributed by atoms with Gasteiger partial charge >= 0.3 is 0 Å². The first-order chi connectivity index (χ1) is 13.4. The first-order valence-corrected chi connectivity index (χ1v) is 9.24. The SMILES string of the molecule is Cc1[nH]n2c(=O)c(C)c(-c3ccc(C#N)cc3)nc2c1-c1ccc(Cl)cc1Cl. The van der Waals surface area contributed by atoms with Gasteiger partial charge in [0.25, 0.3) is 5.56 Å². The number of nitriles is 1. The minimum absolute atomic E-state index is 0.191. The van der Waals surface area contributed by atoms with E-state index < -0.39 is 0 Å². The molecule has 5 nitrogen and oxygen atoms in total. The minimum atomic E-state index is -0.191. The number of fused-ring (bicyclic) bond motifs is 1. The standard InChI is InChI=1S/C21H14Cl2N4O/c1-11-19(14-5-3-13(10-24)4-6-14)25-20-18(12(2)26-27(20)21(11)28)16-8-7-15(22)9-17(16)23/h3-9,26H,1-2H3.